The van der Waals surface area contributed by atoms with Crippen LogP contribution in [0.5, 0.6) is 0 Å². The fraction of sp³-hybridized carbons (Fsp3) is 0.600. The van der Waals surface area contributed by atoms with Gasteiger partial charge in [-0.1, -0.05) is 45.2 Å². The van der Waals surface area contributed by atoms with Crippen molar-refractivity contribution in [3.05, 3.63) is 33.4 Å². The maximum absolute atomic E-state index is 3.66. The molecule has 0 fully saturated rings. The van der Waals surface area contributed by atoms with Crippen LogP contribution in [0.2, 0.25) is 0 Å². The van der Waals surface area contributed by atoms with Crippen LogP contribution in [-0.4, -0.2) is 6.54 Å². The van der Waals surface area contributed by atoms with Crippen LogP contribution < -0.4 is 5.32 Å². The second-order valence-electron chi connectivity index (χ2n) is 4.55. The summed E-state index contributed by atoms with van der Waals surface area (Å²) >= 11 is 2.36. The predicted octanol–water partition coefficient (Wildman–Crippen LogP) is 4.91. The Morgan fingerprint density at radius 1 is 1.06 bits per heavy atom. The monoisotopic (exact) mass is 345 g/mol. The molecule has 1 N–H and O–H groups in total. The summed E-state index contributed by atoms with van der Waals surface area (Å²) in [7, 11) is 0. The molecule has 1 nitrogen and oxygen atoms in total. The standard InChI is InChI=1S/C15H24IN/c1-3-5-6-7-15(17-12-4-2)13-8-10-14(16)11-9-13/h8-11,15,17H,3-7,12H2,1-2H3. The Kier molecular flexibility index (Phi) is 7.86. The molecule has 1 atom stereocenters. The van der Waals surface area contributed by atoms with Crippen molar-refractivity contribution in [3.63, 3.8) is 0 Å². The summed E-state index contributed by atoms with van der Waals surface area (Å²) in [5.41, 5.74) is 1.44. The van der Waals surface area contributed by atoms with E-state index in [1.165, 1.54) is 41.2 Å². The third kappa shape index (κ3) is 5.87. The second kappa shape index (κ2) is 8.92. The smallest absolute Gasteiger partial charge is 0.0320 e. The zero-order valence-corrected chi connectivity index (χ0v) is 13.2. The van der Waals surface area contributed by atoms with Crippen molar-refractivity contribution in [2.24, 2.45) is 0 Å². The highest BCUT2D eigenvalue weighted by molar-refractivity contribution is 14.1. The van der Waals surface area contributed by atoms with Crippen LogP contribution in [0.25, 0.3) is 0 Å². The van der Waals surface area contributed by atoms with Crippen molar-refractivity contribution in [2.45, 2.75) is 52.0 Å². The average Bonchev–Trinajstić information content (AvgIpc) is 2.35. The van der Waals surface area contributed by atoms with Gasteiger partial charge in [-0.25, -0.2) is 0 Å². The summed E-state index contributed by atoms with van der Waals surface area (Å²) in [5, 5.41) is 3.66. The molecule has 0 aliphatic rings. The summed E-state index contributed by atoms with van der Waals surface area (Å²) in [4.78, 5) is 0. The molecular formula is C15H24IN. The first-order chi connectivity index (χ1) is 8.27. The topological polar surface area (TPSA) is 12.0 Å². The molecule has 0 saturated heterocycles. The second-order valence-corrected chi connectivity index (χ2v) is 5.80. The highest BCUT2D eigenvalue weighted by atomic mass is 127. The maximum Gasteiger partial charge on any atom is 0.0320 e. The van der Waals surface area contributed by atoms with Crippen LogP contribution in [0.1, 0.15) is 57.6 Å². The van der Waals surface area contributed by atoms with E-state index in [0.717, 1.165) is 6.54 Å². The van der Waals surface area contributed by atoms with Crippen molar-refractivity contribution in [1.29, 1.82) is 0 Å². The molecule has 2 heteroatoms. The van der Waals surface area contributed by atoms with Crippen molar-refractivity contribution in [1.82, 2.24) is 5.32 Å². The Labute approximate surface area is 120 Å². The number of rotatable bonds is 8. The van der Waals surface area contributed by atoms with E-state index < -0.39 is 0 Å². The van der Waals surface area contributed by atoms with Gasteiger partial charge in [0.2, 0.25) is 0 Å². The third-order valence-electron chi connectivity index (χ3n) is 3.01. The van der Waals surface area contributed by atoms with Crippen molar-refractivity contribution in [2.75, 3.05) is 6.54 Å². The van der Waals surface area contributed by atoms with Gasteiger partial charge in [-0.15, -0.1) is 0 Å². The van der Waals surface area contributed by atoms with Gasteiger partial charge in [-0.3, -0.25) is 0 Å². The van der Waals surface area contributed by atoms with Gasteiger partial charge in [0.15, 0.2) is 0 Å². The van der Waals surface area contributed by atoms with E-state index in [-0.39, 0.29) is 0 Å². The molecule has 0 bridgehead atoms. The van der Waals surface area contributed by atoms with E-state index in [1.54, 1.807) is 0 Å². The van der Waals surface area contributed by atoms with Gasteiger partial charge < -0.3 is 5.32 Å². The summed E-state index contributed by atoms with van der Waals surface area (Å²) in [5.74, 6) is 0. The largest absolute Gasteiger partial charge is 0.310 e. The Morgan fingerprint density at radius 3 is 2.35 bits per heavy atom. The summed E-state index contributed by atoms with van der Waals surface area (Å²) in [6, 6.07) is 9.48. The molecule has 96 valence electrons. The molecule has 0 aliphatic carbocycles. The van der Waals surface area contributed by atoms with Crippen LogP contribution >= 0.6 is 22.6 Å². The number of hydrogen-bond acceptors (Lipinski definition) is 1. The van der Waals surface area contributed by atoms with Gasteiger partial charge in [0, 0.05) is 9.61 Å². The van der Waals surface area contributed by atoms with Gasteiger partial charge in [-0.2, -0.15) is 0 Å². The lowest BCUT2D eigenvalue weighted by Gasteiger charge is -2.19. The Morgan fingerprint density at radius 2 is 1.76 bits per heavy atom. The van der Waals surface area contributed by atoms with Gasteiger partial charge >= 0.3 is 0 Å². The minimum Gasteiger partial charge on any atom is -0.310 e. The third-order valence-corrected chi connectivity index (χ3v) is 3.73. The molecule has 0 saturated carbocycles. The number of halogens is 1. The van der Waals surface area contributed by atoms with Crippen LogP contribution in [-0.2, 0) is 0 Å². The molecule has 1 aromatic rings. The SMILES string of the molecule is CCCCCC(NCCC)c1ccc(I)cc1. The lowest BCUT2D eigenvalue weighted by Crippen LogP contribution is -2.22. The quantitative estimate of drug-likeness (QED) is 0.521. The molecule has 1 unspecified atom stereocenters. The first-order valence-electron chi connectivity index (χ1n) is 6.76. The number of benzene rings is 1. The zero-order chi connectivity index (χ0) is 12.5. The molecule has 1 rings (SSSR count). The highest BCUT2D eigenvalue weighted by Crippen LogP contribution is 2.21. The van der Waals surface area contributed by atoms with E-state index in [4.69, 9.17) is 0 Å². The zero-order valence-electron chi connectivity index (χ0n) is 11.0. The fourth-order valence-electron chi connectivity index (χ4n) is 2.00. The lowest BCUT2D eigenvalue weighted by atomic mass is 10.0. The lowest BCUT2D eigenvalue weighted by molar-refractivity contribution is 0.474. The normalized spacial score (nSPS) is 12.6. The van der Waals surface area contributed by atoms with E-state index in [2.05, 4.69) is 66.0 Å². The van der Waals surface area contributed by atoms with Crippen molar-refractivity contribution < 1.29 is 0 Å². The summed E-state index contributed by atoms with van der Waals surface area (Å²) < 4.78 is 1.31. The number of unbranched alkanes of at least 4 members (excludes halogenated alkanes) is 2. The molecule has 0 amide bonds. The van der Waals surface area contributed by atoms with E-state index in [9.17, 15) is 0 Å². The van der Waals surface area contributed by atoms with Crippen molar-refractivity contribution in [3.8, 4) is 0 Å². The Bertz CT molecular complexity index is 294. The van der Waals surface area contributed by atoms with E-state index in [1.807, 2.05) is 0 Å². The Hall–Kier alpha value is -0.0900. The van der Waals surface area contributed by atoms with Crippen molar-refractivity contribution >= 4 is 22.6 Å². The number of nitrogens with one attached hydrogen (secondary N) is 1. The molecule has 0 aliphatic heterocycles. The van der Waals surface area contributed by atoms with Crippen LogP contribution in [0.3, 0.4) is 0 Å². The van der Waals surface area contributed by atoms with E-state index >= 15 is 0 Å². The molecular weight excluding hydrogens is 321 g/mol. The van der Waals surface area contributed by atoms with Gasteiger partial charge in [-0.05, 0) is 59.7 Å². The first kappa shape index (κ1) is 15.0. The van der Waals surface area contributed by atoms with Crippen LogP contribution in [0.15, 0.2) is 24.3 Å². The van der Waals surface area contributed by atoms with Gasteiger partial charge in [0.05, 0.1) is 0 Å². The van der Waals surface area contributed by atoms with E-state index in [0.29, 0.717) is 6.04 Å². The Balaban J connectivity index is 2.57. The fourth-order valence-corrected chi connectivity index (χ4v) is 2.36. The minimum absolute atomic E-state index is 0.540. The highest BCUT2D eigenvalue weighted by Gasteiger charge is 2.09. The summed E-state index contributed by atoms with van der Waals surface area (Å²) in [6.45, 7) is 5.60. The molecule has 0 heterocycles. The van der Waals surface area contributed by atoms with Gasteiger partial charge in [0.25, 0.3) is 0 Å². The molecule has 17 heavy (non-hydrogen) atoms. The molecule has 1 aromatic carbocycles. The summed E-state index contributed by atoms with van der Waals surface area (Å²) in [6.07, 6.45) is 6.43. The maximum atomic E-state index is 3.66. The number of hydrogen-bond donors (Lipinski definition) is 1. The van der Waals surface area contributed by atoms with Gasteiger partial charge in [0.1, 0.15) is 0 Å². The first-order valence-corrected chi connectivity index (χ1v) is 7.84. The average molecular weight is 345 g/mol. The molecule has 0 spiro atoms. The minimum atomic E-state index is 0.540. The molecule has 0 aromatic heterocycles. The molecule has 0 radical (unpaired) electrons. The van der Waals surface area contributed by atoms with Crippen LogP contribution in [0, 0.1) is 3.57 Å². The predicted molar refractivity (Wildman–Crippen MR) is 84.3 cm³/mol. The van der Waals surface area contributed by atoms with Crippen LogP contribution in [0.4, 0.5) is 0 Å².